The molecule has 0 radical (unpaired) electrons. The Balaban J connectivity index is 4.13. The highest BCUT2D eigenvalue weighted by Crippen LogP contribution is 2.31. The zero-order valence-electron chi connectivity index (χ0n) is 11.5. The molecule has 0 aromatic carbocycles. The topological polar surface area (TPSA) is 12.0 Å². The van der Waals surface area contributed by atoms with Crippen LogP contribution in [0, 0.1) is 10.8 Å². The van der Waals surface area contributed by atoms with Crippen LogP contribution >= 0.6 is 0 Å². The van der Waals surface area contributed by atoms with E-state index in [0.717, 1.165) is 6.54 Å². The van der Waals surface area contributed by atoms with E-state index in [1.54, 1.807) is 0 Å². The van der Waals surface area contributed by atoms with E-state index in [1.807, 2.05) is 0 Å². The Hall–Kier alpha value is -0.300. The molecule has 0 heterocycles. The van der Waals surface area contributed by atoms with Crippen molar-refractivity contribution >= 4 is 0 Å². The van der Waals surface area contributed by atoms with Crippen LogP contribution in [0.1, 0.15) is 54.4 Å². The van der Waals surface area contributed by atoms with E-state index in [9.17, 15) is 0 Å². The summed E-state index contributed by atoms with van der Waals surface area (Å²) in [6.07, 6.45) is 4.56. The average Bonchev–Trinajstić information content (AvgIpc) is 2.10. The zero-order chi connectivity index (χ0) is 12.1. The quantitative estimate of drug-likeness (QED) is 0.655. The Morgan fingerprint density at radius 1 is 1.13 bits per heavy atom. The molecule has 0 rings (SSSR count). The van der Waals surface area contributed by atoms with Gasteiger partial charge in [0.1, 0.15) is 0 Å². The molecule has 0 amide bonds. The lowest BCUT2D eigenvalue weighted by Crippen LogP contribution is -2.35. The molecule has 0 aliphatic rings. The number of hydrogen-bond donors (Lipinski definition) is 1. The first-order valence-electron chi connectivity index (χ1n) is 6.05. The maximum Gasteiger partial charge on any atom is 0.00421 e. The van der Waals surface area contributed by atoms with Crippen molar-refractivity contribution in [2.24, 2.45) is 10.8 Å². The van der Waals surface area contributed by atoms with E-state index in [1.165, 1.54) is 12.8 Å². The normalized spacial score (nSPS) is 16.5. The number of nitrogens with one attached hydrogen (secondary N) is 1. The van der Waals surface area contributed by atoms with Gasteiger partial charge in [0.2, 0.25) is 0 Å². The predicted octanol–water partition coefficient (Wildman–Crippen LogP) is 4.00. The minimum atomic E-state index is 0.234. The van der Waals surface area contributed by atoms with Gasteiger partial charge in [-0.2, -0.15) is 0 Å². The third kappa shape index (κ3) is 7.61. The fourth-order valence-electron chi connectivity index (χ4n) is 1.36. The molecule has 1 nitrogen and oxygen atoms in total. The Bertz CT molecular complexity index is 188. The smallest absolute Gasteiger partial charge is 0.00421 e. The highest BCUT2D eigenvalue weighted by atomic mass is 14.9. The Labute approximate surface area is 96.3 Å². The van der Waals surface area contributed by atoms with Gasteiger partial charge in [0.25, 0.3) is 0 Å². The maximum atomic E-state index is 3.97. The molecule has 0 fully saturated rings. The van der Waals surface area contributed by atoms with Crippen LogP contribution in [-0.2, 0) is 0 Å². The van der Waals surface area contributed by atoms with Crippen LogP contribution in [0.4, 0.5) is 0 Å². The summed E-state index contributed by atoms with van der Waals surface area (Å²) in [5.41, 5.74) is 0.652. The van der Waals surface area contributed by atoms with Gasteiger partial charge >= 0.3 is 0 Å². The predicted molar refractivity (Wildman–Crippen MR) is 70.1 cm³/mol. The lowest BCUT2D eigenvalue weighted by Gasteiger charge is -2.30. The van der Waals surface area contributed by atoms with Gasteiger partial charge in [0.05, 0.1) is 0 Å². The Morgan fingerprint density at radius 3 is 2.00 bits per heavy atom. The van der Waals surface area contributed by atoms with E-state index in [0.29, 0.717) is 11.5 Å². The summed E-state index contributed by atoms with van der Waals surface area (Å²) < 4.78 is 0. The fraction of sp³-hybridized carbons (Fsp3) is 0.857. The molecule has 0 aromatic heterocycles. The van der Waals surface area contributed by atoms with Crippen molar-refractivity contribution in [3.63, 3.8) is 0 Å². The van der Waals surface area contributed by atoms with Crippen LogP contribution < -0.4 is 5.32 Å². The Kier molecular flexibility index (Phi) is 5.58. The van der Waals surface area contributed by atoms with E-state index in [2.05, 4.69) is 59.5 Å². The summed E-state index contributed by atoms with van der Waals surface area (Å²) in [7, 11) is 0. The molecular formula is C14H29N. The van der Waals surface area contributed by atoms with Crippen LogP contribution in [0.25, 0.3) is 0 Å². The molecular weight excluding hydrogens is 182 g/mol. The molecule has 1 atom stereocenters. The van der Waals surface area contributed by atoms with Crippen molar-refractivity contribution in [2.75, 3.05) is 6.54 Å². The lowest BCUT2D eigenvalue weighted by atomic mass is 9.79. The van der Waals surface area contributed by atoms with Crippen molar-refractivity contribution in [1.29, 1.82) is 0 Å². The standard InChI is InChI=1S/C14H29N/c1-8-14(7,11-15-12(2)3)10-9-13(4,5)6/h8,12,15H,1,9-11H2,2-7H3. The summed E-state index contributed by atoms with van der Waals surface area (Å²) in [4.78, 5) is 0. The second kappa shape index (κ2) is 5.69. The summed E-state index contributed by atoms with van der Waals surface area (Å²) in [6, 6.07) is 0.555. The van der Waals surface area contributed by atoms with Gasteiger partial charge in [-0.05, 0) is 23.7 Å². The van der Waals surface area contributed by atoms with Crippen LogP contribution in [0.3, 0.4) is 0 Å². The first kappa shape index (κ1) is 14.7. The first-order valence-corrected chi connectivity index (χ1v) is 6.05. The molecule has 0 spiro atoms. The summed E-state index contributed by atoms with van der Waals surface area (Å²) in [5.74, 6) is 0. The monoisotopic (exact) mass is 211 g/mol. The number of hydrogen-bond acceptors (Lipinski definition) is 1. The van der Waals surface area contributed by atoms with Gasteiger partial charge in [0, 0.05) is 12.6 Å². The van der Waals surface area contributed by atoms with Crippen LogP contribution in [-0.4, -0.2) is 12.6 Å². The molecule has 0 saturated heterocycles. The maximum absolute atomic E-state index is 3.97. The van der Waals surface area contributed by atoms with Gasteiger partial charge in [0.15, 0.2) is 0 Å². The molecule has 1 N–H and O–H groups in total. The molecule has 1 unspecified atom stereocenters. The van der Waals surface area contributed by atoms with Gasteiger partial charge in [-0.15, -0.1) is 6.58 Å². The molecule has 1 heteroatoms. The number of rotatable bonds is 6. The molecule has 0 aliphatic carbocycles. The van der Waals surface area contributed by atoms with Crippen LogP contribution in [0.5, 0.6) is 0 Å². The Morgan fingerprint density at radius 2 is 1.67 bits per heavy atom. The lowest BCUT2D eigenvalue weighted by molar-refractivity contribution is 0.271. The van der Waals surface area contributed by atoms with Gasteiger partial charge in [-0.25, -0.2) is 0 Å². The minimum Gasteiger partial charge on any atom is -0.314 e. The largest absolute Gasteiger partial charge is 0.314 e. The SMILES string of the molecule is C=CC(C)(CCC(C)(C)C)CNC(C)C. The van der Waals surface area contributed by atoms with Crippen molar-refractivity contribution in [1.82, 2.24) is 5.32 Å². The molecule has 0 saturated carbocycles. The molecule has 0 bridgehead atoms. The summed E-state index contributed by atoms with van der Waals surface area (Å²) in [6.45, 7) is 18.6. The molecule has 15 heavy (non-hydrogen) atoms. The second-order valence-corrected chi connectivity index (χ2v) is 6.45. The fourth-order valence-corrected chi connectivity index (χ4v) is 1.36. The van der Waals surface area contributed by atoms with Crippen LogP contribution in [0.2, 0.25) is 0 Å². The van der Waals surface area contributed by atoms with Gasteiger partial charge in [-0.1, -0.05) is 47.6 Å². The first-order chi connectivity index (χ1) is 6.68. The van der Waals surface area contributed by atoms with Crippen molar-refractivity contribution < 1.29 is 0 Å². The average molecular weight is 211 g/mol. The molecule has 0 aliphatic heterocycles. The minimum absolute atomic E-state index is 0.234. The van der Waals surface area contributed by atoms with Crippen molar-refractivity contribution in [2.45, 2.75) is 60.4 Å². The third-order valence-electron chi connectivity index (χ3n) is 2.85. The van der Waals surface area contributed by atoms with Crippen molar-refractivity contribution in [3.05, 3.63) is 12.7 Å². The van der Waals surface area contributed by atoms with Crippen molar-refractivity contribution in [3.8, 4) is 0 Å². The van der Waals surface area contributed by atoms with Crippen LogP contribution in [0.15, 0.2) is 12.7 Å². The highest BCUT2D eigenvalue weighted by Gasteiger charge is 2.23. The zero-order valence-corrected chi connectivity index (χ0v) is 11.5. The second-order valence-electron chi connectivity index (χ2n) is 6.45. The van der Waals surface area contributed by atoms with E-state index >= 15 is 0 Å². The molecule has 90 valence electrons. The summed E-state index contributed by atoms with van der Waals surface area (Å²) in [5, 5.41) is 3.50. The third-order valence-corrected chi connectivity index (χ3v) is 2.85. The van der Waals surface area contributed by atoms with Gasteiger partial charge < -0.3 is 5.32 Å². The summed E-state index contributed by atoms with van der Waals surface area (Å²) >= 11 is 0. The molecule has 0 aromatic rings. The van der Waals surface area contributed by atoms with E-state index in [4.69, 9.17) is 0 Å². The van der Waals surface area contributed by atoms with E-state index < -0.39 is 0 Å². The highest BCUT2D eigenvalue weighted by molar-refractivity contribution is 4.94. The van der Waals surface area contributed by atoms with E-state index in [-0.39, 0.29) is 5.41 Å². The van der Waals surface area contributed by atoms with Gasteiger partial charge in [-0.3, -0.25) is 0 Å².